The number of hydrogen-bond acceptors (Lipinski definition) is 3. The SMILES string of the molecule is CC/C(=C/c1ccc(-c2cccc(NC)c2)nc1)C(=O)O. The van der Waals surface area contributed by atoms with Crippen molar-refractivity contribution in [3.05, 3.63) is 53.7 Å². The summed E-state index contributed by atoms with van der Waals surface area (Å²) in [5.74, 6) is -0.886. The van der Waals surface area contributed by atoms with Gasteiger partial charge in [-0.05, 0) is 36.3 Å². The van der Waals surface area contributed by atoms with Gasteiger partial charge in [-0.15, -0.1) is 0 Å². The molecule has 2 aromatic rings. The monoisotopic (exact) mass is 282 g/mol. The van der Waals surface area contributed by atoms with Gasteiger partial charge < -0.3 is 10.4 Å². The molecule has 0 radical (unpaired) electrons. The van der Waals surface area contributed by atoms with Gasteiger partial charge >= 0.3 is 5.97 Å². The van der Waals surface area contributed by atoms with Gasteiger partial charge in [0, 0.05) is 30.1 Å². The minimum absolute atomic E-state index is 0.377. The molecule has 4 nitrogen and oxygen atoms in total. The zero-order valence-corrected chi connectivity index (χ0v) is 12.1. The largest absolute Gasteiger partial charge is 0.478 e. The van der Waals surface area contributed by atoms with Gasteiger partial charge in [0.1, 0.15) is 0 Å². The molecule has 0 saturated heterocycles. The minimum atomic E-state index is -0.886. The first kappa shape index (κ1) is 14.8. The number of rotatable bonds is 5. The Balaban J connectivity index is 2.28. The van der Waals surface area contributed by atoms with Crippen molar-refractivity contribution in [2.75, 3.05) is 12.4 Å². The number of carboxylic acid groups (broad SMARTS) is 1. The normalized spacial score (nSPS) is 11.2. The Morgan fingerprint density at radius 2 is 2.14 bits per heavy atom. The molecule has 0 aliphatic carbocycles. The molecule has 1 aromatic carbocycles. The van der Waals surface area contributed by atoms with Crippen LogP contribution in [-0.4, -0.2) is 23.1 Å². The smallest absolute Gasteiger partial charge is 0.331 e. The zero-order valence-electron chi connectivity index (χ0n) is 12.1. The molecular weight excluding hydrogens is 264 g/mol. The van der Waals surface area contributed by atoms with Crippen molar-refractivity contribution in [2.24, 2.45) is 0 Å². The number of aliphatic carboxylic acids is 1. The van der Waals surface area contributed by atoms with E-state index in [1.807, 2.05) is 50.4 Å². The molecule has 0 amide bonds. The van der Waals surface area contributed by atoms with E-state index >= 15 is 0 Å². The first-order chi connectivity index (χ1) is 10.1. The summed E-state index contributed by atoms with van der Waals surface area (Å²) >= 11 is 0. The number of anilines is 1. The fourth-order valence-electron chi connectivity index (χ4n) is 2.01. The molecule has 0 fully saturated rings. The molecule has 0 atom stereocenters. The van der Waals surface area contributed by atoms with Crippen LogP contribution in [0.2, 0.25) is 0 Å². The van der Waals surface area contributed by atoms with E-state index in [0.29, 0.717) is 12.0 Å². The highest BCUT2D eigenvalue weighted by Crippen LogP contribution is 2.21. The van der Waals surface area contributed by atoms with Gasteiger partial charge in [0.05, 0.1) is 5.69 Å². The molecule has 1 heterocycles. The van der Waals surface area contributed by atoms with E-state index in [2.05, 4.69) is 10.3 Å². The Hall–Kier alpha value is -2.62. The fourth-order valence-corrected chi connectivity index (χ4v) is 2.01. The molecule has 0 aliphatic heterocycles. The number of carboxylic acids is 1. The molecular formula is C17H18N2O2. The van der Waals surface area contributed by atoms with Gasteiger partial charge in [-0.2, -0.15) is 0 Å². The van der Waals surface area contributed by atoms with Crippen LogP contribution in [0.1, 0.15) is 18.9 Å². The summed E-state index contributed by atoms with van der Waals surface area (Å²) in [7, 11) is 1.87. The van der Waals surface area contributed by atoms with Crippen LogP contribution in [0.4, 0.5) is 5.69 Å². The highest BCUT2D eigenvalue weighted by molar-refractivity contribution is 5.92. The number of pyridine rings is 1. The summed E-state index contributed by atoms with van der Waals surface area (Å²) < 4.78 is 0. The Kier molecular flexibility index (Phi) is 4.72. The molecule has 0 saturated carbocycles. The predicted molar refractivity (Wildman–Crippen MR) is 85.1 cm³/mol. The Bertz CT molecular complexity index is 661. The third-order valence-electron chi connectivity index (χ3n) is 3.23. The minimum Gasteiger partial charge on any atom is -0.478 e. The maximum Gasteiger partial charge on any atom is 0.331 e. The third-order valence-corrected chi connectivity index (χ3v) is 3.23. The van der Waals surface area contributed by atoms with Crippen LogP contribution in [0, 0.1) is 0 Å². The molecule has 0 bridgehead atoms. The fraction of sp³-hybridized carbons (Fsp3) is 0.176. The van der Waals surface area contributed by atoms with Gasteiger partial charge in [-0.1, -0.05) is 25.1 Å². The van der Waals surface area contributed by atoms with Gasteiger partial charge in [0.2, 0.25) is 0 Å². The lowest BCUT2D eigenvalue weighted by atomic mass is 10.1. The van der Waals surface area contributed by atoms with Crippen molar-refractivity contribution < 1.29 is 9.90 Å². The van der Waals surface area contributed by atoms with Crippen LogP contribution in [0.5, 0.6) is 0 Å². The van der Waals surface area contributed by atoms with E-state index in [4.69, 9.17) is 5.11 Å². The molecule has 21 heavy (non-hydrogen) atoms. The first-order valence-electron chi connectivity index (χ1n) is 6.82. The molecule has 2 N–H and O–H groups in total. The quantitative estimate of drug-likeness (QED) is 0.821. The molecule has 1 aromatic heterocycles. The molecule has 0 spiro atoms. The second-order valence-corrected chi connectivity index (χ2v) is 4.64. The van der Waals surface area contributed by atoms with Crippen LogP contribution in [0.25, 0.3) is 17.3 Å². The van der Waals surface area contributed by atoms with Gasteiger partial charge in [0.25, 0.3) is 0 Å². The summed E-state index contributed by atoms with van der Waals surface area (Å²) in [6, 6.07) is 11.7. The lowest BCUT2D eigenvalue weighted by Crippen LogP contribution is -1.98. The van der Waals surface area contributed by atoms with Crippen molar-refractivity contribution in [3.8, 4) is 11.3 Å². The number of hydrogen-bond donors (Lipinski definition) is 2. The number of nitrogens with one attached hydrogen (secondary N) is 1. The van der Waals surface area contributed by atoms with E-state index in [0.717, 1.165) is 22.5 Å². The summed E-state index contributed by atoms with van der Waals surface area (Å²) in [6.45, 7) is 1.82. The summed E-state index contributed by atoms with van der Waals surface area (Å²) in [5, 5.41) is 12.1. The van der Waals surface area contributed by atoms with Gasteiger partial charge in [0.15, 0.2) is 0 Å². The van der Waals surface area contributed by atoms with E-state index in [-0.39, 0.29) is 0 Å². The van der Waals surface area contributed by atoms with Crippen LogP contribution in [0.15, 0.2) is 48.2 Å². The lowest BCUT2D eigenvalue weighted by molar-refractivity contribution is -0.132. The van der Waals surface area contributed by atoms with Crippen LogP contribution < -0.4 is 5.32 Å². The molecule has 0 unspecified atom stereocenters. The van der Waals surface area contributed by atoms with Crippen LogP contribution in [-0.2, 0) is 4.79 Å². The highest BCUT2D eigenvalue weighted by atomic mass is 16.4. The van der Waals surface area contributed by atoms with Crippen LogP contribution in [0.3, 0.4) is 0 Å². The van der Waals surface area contributed by atoms with Crippen molar-refractivity contribution in [3.63, 3.8) is 0 Å². The van der Waals surface area contributed by atoms with E-state index in [1.165, 1.54) is 0 Å². The van der Waals surface area contributed by atoms with Crippen molar-refractivity contribution in [2.45, 2.75) is 13.3 Å². The standard InChI is InChI=1S/C17H18N2O2/c1-3-13(17(20)21)9-12-7-8-16(19-11-12)14-5-4-6-15(10-14)18-2/h4-11,18H,3H2,1-2H3,(H,20,21)/b13-9-. The van der Waals surface area contributed by atoms with E-state index < -0.39 is 5.97 Å². The zero-order chi connectivity index (χ0) is 15.2. The maximum absolute atomic E-state index is 11.0. The lowest BCUT2D eigenvalue weighted by Gasteiger charge is -2.05. The maximum atomic E-state index is 11.0. The van der Waals surface area contributed by atoms with Crippen LogP contribution >= 0.6 is 0 Å². The van der Waals surface area contributed by atoms with Crippen molar-refractivity contribution >= 4 is 17.7 Å². The summed E-state index contributed by atoms with van der Waals surface area (Å²) in [5.41, 5.74) is 4.07. The Labute approximate surface area is 124 Å². The van der Waals surface area contributed by atoms with E-state index in [1.54, 1.807) is 12.3 Å². The average Bonchev–Trinajstić information content (AvgIpc) is 2.53. The third kappa shape index (κ3) is 3.69. The number of aromatic nitrogens is 1. The molecule has 2 rings (SSSR count). The molecule has 0 aliphatic rings. The summed E-state index contributed by atoms with van der Waals surface area (Å²) in [4.78, 5) is 15.4. The topological polar surface area (TPSA) is 62.2 Å². The number of benzene rings is 1. The average molecular weight is 282 g/mol. The second kappa shape index (κ2) is 6.70. The molecule has 4 heteroatoms. The highest BCUT2D eigenvalue weighted by Gasteiger charge is 2.05. The van der Waals surface area contributed by atoms with Crippen molar-refractivity contribution in [1.29, 1.82) is 0 Å². The van der Waals surface area contributed by atoms with E-state index in [9.17, 15) is 4.79 Å². The van der Waals surface area contributed by atoms with Crippen molar-refractivity contribution in [1.82, 2.24) is 4.98 Å². The summed E-state index contributed by atoms with van der Waals surface area (Å²) in [6.07, 6.45) is 3.84. The number of carbonyl (C=O) groups is 1. The van der Waals surface area contributed by atoms with Gasteiger partial charge in [-0.3, -0.25) is 4.98 Å². The Morgan fingerprint density at radius 3 is 2.71 bits per heavy atom. The Morgan fingerprint density at radius 1 is 1.33 bits per heavy atom. The molecule has 108 valence electrons. The van der Waals surface area contributed by atoms with Gasteiger partial charge in [-0.25, -0.2) is 4.79 Å². The predicted octanol–water partition coefficient (Wildman–Crippen LogP) is 3.67. The number of nitrogens with zero attached hydrogens (tertiary/aromatic N) is 1. The first-order valence-corrected chi connectivity index (χ1v) is 6.82. The second-order valence-electron chi connectivity index (χ2n) is 4.64.